The maximum Gasteiger partial charge on any atom is 0.358 e. The summed E-state index contributed by atoms with van der Waals surface area (Å²) in [4.78, 5) is 29.0. The minimum atomic E-state index is -0.463. The number of hydrogen-bond acceptors (Lipinski definition) is 7. The van der Waals surface area contributed by atoms with E-state index in [1.165, 1.54) is 6.26 Å². The Morgan fingerprint density at radius 1 is 0.946 bits per heavy atom. The predicted molar refractivity (Wildman–Crippen MR) is 138 cm³/mol. The third-order valence-electron chi connectivity index (χ3n) is 6.34. The van der Waals surface area contributed by atoms with Gasteiger partial charge in [-0.3, -0.25) is 4.79 Å². The van der Waals surface area contributed by atoms with E-state index in [2.05, 4.69) is 22.1 Å². The first-order valence-electron chi connectivity index (χ1n) is 12.2. The predicted octanol–water partition coefficient (Wildman–Crippen LogP) is 4.28. The molecule has 0 radical (unpaired) electrons. The zero-order valence-electron chi connectivity index (χ0n) is 20.8. The Kier molecular flexibility index (Phi) is 6.93. The van der Waals surface area contributed by atoms with Crippen LogP contribution in [0.5, 0.6) is 5.75 Å². The summed E-state index contributed by atoms with van der Waals surface area (Å²) in [5.41, 5.74) is 3.79. The molecule has 1 saturated heterocycles. The first-order valence-corrected chi connectivity index (χ1v) is 12.2. The molecule has 0 saturated carbocycles. The maximum absolute atomic E-state index is 12.5. The Morgan fingerprint density at radius 2 is 1.65 bits per heavy atom. The number of nitrogens with zero attached hydrogens (tertiary/aromatic N) is 4. The lowest BCUT2D eigenvalue weighted by Gasteiger charge is -2.35. The van der Waals surface area contributed by atoms with Crippen molar-refractivity contribution in [3.63, 3.8) is 0 Å². The monoisotopic (exact) mass is 500 g/mol. The molecule has 4 aromatic rings. The molecule has 2 aromatic carbocycles. The number of rotatable bonds is 7. The van der Waals surface area contributed by atoms with Gasteiger partial charge >= 0.3 is 5.97 Å². The van der Waals surface area contributed by atoms with E-state index in [1.807, 2.05) is 41.3 Å². The highest BCUT2D eigenvalue weighted by Gasteiger charge is 2.24. The average molecular weight is 501 g/mol. The summed E-state index contributed by atoms with van der Waals surface area (Å²) >= 11 is 0. The van der Waals surface area contributed by atoms with Crippen molar-refractivity contribution in [2.75, 3.05) is 44.8 Å². The summed E-state index contributed by atoms with van der Waals surface area (Å²) < 4.78 is 17.4. The van der Waals surface area contributed by atoms with Crippen LogP contribution in [-0.2, 0) is 4.74 Å². The number of hydrogen-bond donors (Lipinski definition) is 0. The summed E-state index contributed by atoms with van der Waals surface area (Å²) in [5.74, 6) is 0.561. The van der Waals surface area contributed by atoms with Crippen LogP contribution in [0.1, 0.15) is 28.0 Å². The minimum Gasteiger partial charge on any atom is -0.497 e. The van der Waals surface area contributed by atoms with Gasteiger partial charge in [0.2, 0.25) is 0 Å². The molecule has 0 bridgehead atoms. The van der Waals surface area contributed by atoms with E-state index in [0.29, 0.717) is 18.8 Å². The van der Waals surface area contributed by atoms with Crippen molar-refractivity contribution >= 4 is 17.6 Å². The van der Waals surface area contributed by atoms with Crippen LogP contribution in [0.4, 0.5) is 5.69 Å². The zero-order chi connectivity index (χ0) is 25.8. The van der Waals surface area contributed by atoms with Crippen LogP contribution in [0.3, 0.4) is 0 Å². The van der Waals surface area contributed by atoms with E-state index in [0.717, 1.165) is 41.5 Å². The highest BCUT2D eigenvalue weighted by molar-refractivity contribution is 5.91. The van der Waals surface area contributed by atoms with Crippen molar-refractivity contribution in [1.82, 2.24) is 14.7 Å². The number of furan rings is 1. The fraction of sp³-hybridized carbons (Fsp3) is 0.250. The van der Waals surface area contributed by atoms with E-state index in [9.17, 15) is 9.59 Å². The number of carbonyl (C=O) groups excluding carboxylic acids is 2. The molecule has 3 heterocycles. The second-order valence-electron chi connectivity index (χ2n) is 8.55. The van der Waals surface area contributed by atoms with Crippen LogP contribution in [0.15, 0.2) is 77.4 Å². The molecule has 0 atom stereocenters. The number of ether oxygens (including phenoxy) is 2. The fourth-order valence-corrected chi connectivity index (χ4v) is 4.38. The van der Waals surface area contributed by atoms with Gasteiger partial charge in [0.1, 0.15) is 5.75 Å². The summed E-state index contributed by atoms with van der Waals surface area (Å²) in [6, 6.07) is 20.8. The van der Waals surface area contributed by atoms with E-state index in [-0.39, 0.29) is 18.2 Å². The van der Waals surface area contributed by atoms with Gasteiger partial charge in [-0.1, -0.05) is 12.1 Å². The number of amides is 1. The Morgan fingerprint density at radius 3 is 2.27 bits per heavy atom. The maximum atomic E-state index is 12.5. The summed E-state index contributed by atoms with van der Waals surface area (Å²) in [7, 11) is 1.62. The van der Waals surface area contributed by atoms with Gasteiger partial charge < -0.3 is 23.7 Å². The number of esters is 1. The molecule has 0 aliphatic carbocycles. The number of piperazine rings is 1. The molecule has 1 amide bonds. The van der Waals surface area contributed by atoms with Crippen LogP contribution in [0.25, 0.3) is 16.9 Å². The van der Waals surface area contributed by atoms with Crippen molar-refractivity contribution in [3.05, 3.63) is 84.4 Å². The van der Waals surface area contributed by atoms with Crippen LogP contribution in [0.2, 0.25) is 0 Å². The van der Waals surface area contributed by atoms with Gasteiger partial charge in [-0.2, -0.15) is 5.10 Å². The van der Waals surface area contributed by atoms with Crippen molar-refractivity contribution < 1.29 is 23.5 Å². The van der Waals surface area contributed by atoms with Crippen LogP contribution >= 0.6 is 0 Å². The van der Waals surface area contributed by atoms with Crippen molar-refractivity contribution in [2.24, 2.45) is 0 Å². The quantitative estimate of drug-likeness (QED) is 0.350. The number of anilines is 1. The number of benzene rings is 2. The topological polar surface area (TPSA) is 90.0 Å². The standard InChI is InChI=1S/C28H28N4O5/c1-3-36-28(34)24-19-25(32(29-24)22-10-12-23(35-2)13-11-22)20-6-8-21(9-7-20)30-14-16-31(17-15-30)27(33)26-5-4-18-37-26/h4-13,18-19H,3,14-17H2,1-2H3. The third kappa shape index (κ3) is 5.06. The fourth-order valence-electron chi connectivity index (χ4n) is 4.38. The molecule has 1 aliphatic heterocycles. The van der Waals surface area contributed by atoms with Gasteiger partial charge in [0.15, 0.2) is 11.5 Å². The summed E-state index contributed by atoms with van der Waals surface area (Å²) in [6.45, 7) is 4.73. The summed E-state index contributed by atoms with van der Waals surface area (Å²) in [5, 5.41) is 4.53. The van der Waals surface area contributed by atoms with Crippen molar-refractivity contribution in [1.29, 1.82) is 0 Å². The van der Waals surface area contributed by atoms with E-state index in [1.54, 1.807) is 36.9 Å². The van der Waals surface area contributed by atoms with Crippen LogP contribution in [-0.4, -0.2) is 66.5 Å². The average Bonchev–Trinajstić information content (AvgIpc) is 3.64. The first-order chi connectivity index (χ1) is 18.1. The zero-order valence-corrected chi connectivity index (χ0v) is 20.8. The Balaban J connectivity index is 1.35. The molecule has 0 unspecified atom stereocenters. The molecule has 5 rings (SSSR count). The lowest BCUT2D eigenvalue weighted by Crippen LogP contribution is -2.48. The normalized spacial score (nSPS) is 13.5. The van der Waals surface area contributed by atoms with Crippen LogP contribution in [0, 0.1) is 0 Å². The SMILES string of the molecule is CCOC(=O)c1cc(-c2ccc(N3CCN(C(=O)c4ccco4)CC3)cc2)n(-c2ccc(OC)cc2)n1. The van der Waals surface area contributed by atoms with Crippen molar-refractivity contribution in [3.8, 4) is 22.7 Å². The largest absolute Gasteiger partial charge is 0.497 e. The lowest BCUT2D eigenvalue weighted by molar-refractivity contribution is 0.0518. The summed E-state index contributed by atoms with van der Waals surface area (Å²) in [6.07, 6.45) is 1.52. The smallest absolute Gasteiger partial charge is 0.358 e. The Hall–Kier alpha value is -4.53. The molecule has 2 aromatic heterocycles. The molecule has 1 aliphatic rings. The molecule has 0 spiro atoms. The molecular weight excluding hydrogens is 472 g/mol. The second kappa shape index (κ2) is 10.6. The molecule has 37 heavy (non-hydrogen) atoms. The number of methoxy groups -OCH3 is 1. The van der Waals surface area contributed by atoms with Gasteiger partial charge in [-0.15, -0.1) is 0 Å². The Bertz CT molecular complexity index is 1350. The van der Waals surface area contributed by atoms with E-state index >= 15 is 0 Å². The Labute approximate surface area is 214 Å². The van der Waals surface area contributed by atoms with E-state index < -0.39 is 5.97 Å². The van der Waals surface area contributed by atoms with Gasteiger partial charge in [-0.25, -0.2) is 9.48 Å². The van der Waals surface area contributed by atoms with Gasteiger partial charge in [0, 0.05) is 37.4 Å². The van der Waals surface area contributed by atoms with E-state index in [4.69, 9.17) is 13.9 Å². The minimum absolute atomic E-state index is 0.0794. The van der Waals surface area contributed by atoms with Gasteiger partial charge in [-0.05, 0) is 61.5 Å². The first kappa shape index (κ1) is 24.2. The highest BCUT2D eigenvalue weighted by atomic mass is 16.5. The molecule has 9 heteroatoms. The van der Waals surface area contributed by atoms with Crippen molar-refractivity contribution in [2.45, 2.75) is 6.92 Å². The van der Waals surface area contributed by atoms with Gasteiger partial charge in [0.25, 0.3) is 5.91 Å². The molecule has 0 N–H and O–H groups in total. The molecular formula is C28H28N4O5. The molecule has 1 fully saturated rings. The molecule has 190 valence electrons. The lowest BCUT2D eigenvalue weighted by atomic mass is 10.1. The highest BCUT2D eigenvalue weighted by Crippen LogP contribution is 2.28. The van der Waals surface area contributed by atoms with Gasteiger partial charge in [0.05, 0.1) is 31.4 Å². The van der Waals surface area contributed by atoms with Crippen LogP contribution < -0.4 is 9.64 Å². The molecule has 9 nitrogen and oxygen atoms in total. The third-order valence-corrected chi connectivity index (χ3v) is 6.34. The number of aromatic nitrogens is 2. The second-order valence-corrected chi connectivity index (χ2v) is 8.55. The number of carbonyl (C=O) groups is 2.